The van der Waals surface area contributed by atoms with Crippen molar-refractivity contribution in [3.05, 3.63) is 66.9 Å². The van der Waals surface area contributed by atoms with Gasteiger partial charge in [-0.3, -0.25) is 0 Å². The fourth-order valence-corrected chi connectivity index (χ4v) is 4.34. The highest BCUT2D eigenvalue weighted by molar-refractivity contribution is 5.91. The summed E-state index contributed by atoms with van der Waals surface area (Å²) in [7, 11) is 0. The molecule has 3 atom stereocenters. The molecule has 2 unspecified atom stereocenters. The number of hydrogen-bond acceptors (Lipinski definition) is 6. The Morgan fingerprint density at radius 2 is 1.97 bits per heavy atom. The molecule has 0 N–H and O–H groups in total. The Morgan fingerprint density at radius 1 is 1.06 bits per heavy atom. The normalized spacial score (nSPS) is 22.7. The molecule has 156 valence electrons. The van der Waals surface area contributed by atoms with Crippen LogP contribution < -0.4 is 4.74 Å². The van der Waals surface area contributed by atoms with Crippen LogP contribution in [0.2, 0.25) is 0 Å². The van der Waals surface area contributed by atoms with Gasteiger partial charge < -0.3 is 14.2 Å². The Balaban J connectivity index is 1.49. The SMILES string of the molecule is Fc1ccc(-c2nn3c(O[C@@H]4COC5OCCC54)cccc3c2-c2ccncn2)cc1. The summed E-state index contributed by atoms with van der Waals surface area (Å²) in [6, 6.07) is 13.9. The van der Waals surface area contributed by atoms with Gasteiger partial charge in [0.15, 0.2) is 6.29 Å². The van der Waals surface area contributed by atoms with Crippen LogP contribution in [0.3, 0.4) is 0 Å². The predicted molar refractivity (Wildman–Crippen MR) is 110 cm³/mol. The van der Waals surface area contributed by atoms with Crippen molar-refractivity contribution in [2.45, 2.75) is 18.8 Å². The molecular formula is C23H19FN4O3. The van der Waals surface area contributed by atoms with Gasteiger partial charge in [0.25, 0.3) is 0 Å². The summed E-state index contributed by atoms with van der Waals surface area (Å²) in [5.41, 5.74) is 3.89. The first kappa shape index (κ1) is 18.4. The van der Waals surface area contributed by atoms with Gasteiger partial charge in [0.05, 0.1) is 35.9 Å². The van der Waals surface area contributed by atoms with Crippen LogP contribution in [0.1, 0.15) is 6.42 Å². The Hall–Kier alpha value is -3.36. The van der Waals surface area contributed by atoms with Crippen LogP contribution in [0.25, 0.3) is 28.0 Å². The summed E-state index contributed by atoms with van der Waals surface area (Å²) < 4.78 is 33.0. The molecule has 0 amide bonds. The van der Waals surface area contributed by atoms with E-state index in [1.807, 2.05) is 24.3 Å². The topological polar surface area (TPSA) is 70.8 Å². The van der Waals surface area contributed by atoms with E-state index in [4.69, 9.17) is 19.3 Å². The molecule has 5 heterocycles. The lowest BCUT2D eigenvalue weighted by atomic mass is 10.0. The third-order valence-electron chi connectivity index (χ3n) is 5.84. The van der Waals surface area contributed by atoms with Crippen LogP contribution in [0, 0.1) is 11.7 Å². The molecule has 0 bridgehead atoms. The van der Waals surface area contributed by atoms with Crippen molar-refractivity contribution in [2.24, 2.45) is 5.92 Å². The third kappa shape index (κ3) is 3.15. The summed E-state index contributed by atoms with van der Waals surface area (Å²) in [5.74, 6) is 0.528. The molecule has 2 fully saturated rings. The lowest BCUT2D eigenvalue weighted by Crippen LogP contribution is -2.27. The zero-order valence-corrected chi connectivity index (χ0v) is 16.5. The largest absolute Gasteiger partial charge is 0.471 e. The van der Waals surface area contributed by atoms with Crippen molar-refractivity contribution in [3.8, 4) is 28.4 Å². The number of rotatable bonds is 4. The second-order valence-electron chi connectivity index (χ2n) is 7.67. The molecule has 2 aliphatic heterocycles. The van der Waals surface area contributed by atoms with Gasteiger partial charge >= 0.3 is 0 Å². The Morgan fingerprint density at radius 3 is 2.81 bits per heavy atom. The maximum atomic E-state index is 13.5. The molecule has 0 saturated carbocycles. The van der Waals surface area contributed by atoms with Gasteiger partial charge in [-0.1, -0.05) is 6.07 Å². The van der Waals surface area contributed by atoms with Crippen LogP contribution in [0.4, 0.5) is 4.39 Å². The average Bonchev–Trinajstić information content (AvgIpc) is 3.51. The number of halogens is 1. The van der Waals surface area contributed by atoms with Gasteiger partial charge in [0.2, 0.25) is 5.88 Å². The van der Waals surface area contributed by atoms with Crippen molar-refractivity contribution < 1.29 is 18.6 Å². The van der Waals surface area contributed by atoms with Gasteiger partial charge in [-0.25, -0.2) is 14.4 Å². The maximum Gasteiger partial charge on any atom is 0.215 e. The van der Waals surface area contributed by atoms with Gasteiger partial charge in [0, 0.05) is 17.8 Å². The summed E-state index contributed by atoms with van der Waals surface area (Å²) in [5, 5.41) is 4.85. The minimum atomic E-state index is -0.297. The average molecular weight is 418 g/mol. The second kappa shape index (κ2) is 7.40. The van der Waals surface area contributed by atoms with E-state index in [1.54, 1.807) is 22.8 Å². The number of benzene rings is 1. The first-order valence-electron chi connectivity index (χ1n) is 10.2. The van der Waals surface area contributed by atoms with E-state index in [-0.39, 0.29) is 24.1 Å². The van der Waals surface area contributed by atoms with Crippen molar-refractivity contribution in [1.82, 2.24) is 19.6 Å². The highest BCUT2D eigenvalue weighted by Crippen LogP contribution is 2.37. The Labute approximate surface area is 177 Å². The van der Waals surface area contributed by atoms with E-state index in [1.165, 1.54) is 18.5 Å². The predicted octanol–water partition coefficient (Wildman–Crippen LogP) is 3.74. The van der Waals surface area contributed by atoms with E-state index >= 15 is 0 Å². The lowest BCUT2D eigenvalue weighted by molar-refractivity contribution is -0.0906. The summed E-state index contributed by atoms with van der Waals surface area (Å²) >= 11 is 0. The molecule has 6 rings (SSSR count). The van der Waals surface area contributed by atoms with Gasteiger partial charge in [-0.05, 0) is 42.8 Å². The van der Waals surface area contributed by atoms with Crippen LogP contribution in [0.5, 0.6) is 5.88 Å². The molecule has 0 aliphatic carbocycles. The molecule has 8 heteroatoms. The smallest absolute Gasteiger partial charge is 0.215 e. The van der Waals surface area contributed by atoms with E-state index in [0.717, 1.165) is 28.8 Å². The number of hydrogen-bond donors (Lipinski definition) is 0. The fourth-order valence-electron chi connectivity index (χ4n) is 4.34. The summed E-state index contributed by atoms with van der Waals surface area (Å²) in [6.45, 7) is 1.17. The quantitative estimate of drug-likeness (QED) is 0.503. The van der Waals surface area contributed by atoms with Crippen LogP contribution in [-0.2, 0) is 9.47 Å². The standard InChI is InChI=1S/C23H19FN4O3/c24-15-6-4-14(5-7-15)22-21(17-8-10-25-13-26-17)18-2-1-3-20(28(18)27-22)31-19-12-30-23-16(19)9-11-29-23/h1-8,10,13,16,19,23H,9,11-12H2/t16?,19-,23?/m1/s1. The van der Waals surface area contributed by atoms with Crippen LogP contribution in [0.15, 0.2) is 61.1 Å². The molecule has 4 aromatic rings. The molecule has 7 nitrogen and oxygen atoms in total. The van der Waals surface area contributed by atoms with Gasteiger partial charge in [0.1, 0.15) is 23.9 Å². The lowest BCUT2D eigenvalue weighted by Gasteiger charge is -2.17. The molecule has 0 radical (unpaired) electrons. The van der Waals surface area contributed by atoms with E-state index in [2.05, 4.69) is 9.97 Å². The fraction of sp³-hybridized carbons (Fsp3) is 0.261. The van der Waals surface area contributed by atoms with E-state index in [0.29, 0.717) is 24.8 Å². The zero-order valence-electron chi connectivity index (χ0n) is 16.5. The molecular weight excluding hydrogens is 399 g/mol. The number of nitrogens with zero attached hydrogens (tertiary/aromatic N) is 4. The first-order valence-corrected chi connectivity index (χ1v) is 10.2. The van der Waals surface area contributed by atoms with Crippen LogP contribution in [-0.4, -0.2) is 45.2 Å². The van der Waals surface area contributed by atoms with Gasteiger partial charge in [-0.2, -0.15) is 9.61 Å². The van der Waals surface area contributed by atoms with Gasteiger partial charge in [-0.15, -0.1) is 0 Å². The molecule has 31 heavy (non-hydrogen) atoms. The van der Waals surface area contributed by atoms with Crippen molar-refractivity contribution in [2.75, 3.05) is 13.2 Å². The minimum Gasteiger partial charge on any atom is -0.471 e. The summed E-state index contributed by atoms with van der Waals surface area (Å²) in [6.07, 6.45) is 3.82. The summed E-state index contributed by atoms with van der Waals surface area (Å²) in [4.78, 5) is 8.46. The monoisotopic (exact) mass is 418 g/mol. The molecule has 2 aliphatic rings. The number of fused-ring (bicyclic) bond motifs is 2. The number of aromatic nitrogens is 4. The van der Waals surface area contributed by atoms with E-state index < -0.39 is 0 Å². The zero-order chi connectivity index (χ0) is 20.8. The molecule has 3 aromatic heterocycles. The molecule has 1 aromatic carbocycles. The van der Waals surface area contributed by atoms with Crippen LogP contribution >= 0.6 is 0 Å². The minimum absolute atomic E-state index is 0.0981. The molecule has 0 spiro atoms. The third-order valence-corrected chi connectivity index (χ3v) is 5.84. The Kier molecular flexibility index (Phi) is 4.40. The number of pyridine rings is 1. The Bertz CT molecular complexity index is 1230. The molecule has 2 saturated heterocycles. The second-order valence-corrected chi connectivity index (χ2v) is 7.67. The van der Waals surface area contributed by atoms with Crippen molar-refractivity contribution in [3.63, 3.8) is 0 Å². The highest BCUT2D eigenvalue weighted by atomic mass is 19.1. The first-order chi connectivity index (χ1) is 15.3. The van der Waals surface area contributed by atoms with Crippen molar-refractivity contribution >= 4 is 5.52 Å². The number of ether oxygens (including phenoxy) is 3. The maximum absolute atomic E-state index is 13.5. The van der Waals surface area contributed by atoms with Crippen molar-refractivity contribution in [1.29, 1.82) is 0 Å². The van der Waals surface area contributed by atoms with E-state index in [9.17, 15) is 4.39 Å². The highest BCUT2D eigenvalue weighted by Gasteiger charge is 2.43.